The largest absolute Gasteiger partial charge is 0.370 e. The molecule has 9 N–H and O–H groups in total. The van der Waals surface area contributed by atoms with E-state index in [2.05, 4.69) is 16.0 Å². The highest BCUT2D eigenvalue weighted by Crippen LogP contribution is 2.02. The Labute approximate surface area is 151 Å². The highest BCUT2D eigenvalue weighted by atomic mass is 16.2. The first-order valence-corrected chi connectivity index (χ1v) is 8.11. The number of hydrogen-bond acceptors (Lipinski definition) is 6. The number of hydrogen-bond donors (Lipinski definition) is 6. The van der Waals surface area contributed by atoms with Crippen LogP contribution < -0.4 is 33.2 Å². The summed E-state index contributed by atoms with van der Waals surface area (Å²) in [6.07, 6.45) is -0.464. The molecule has 0 aromatic rings. The summed E-state index contributed by atoms with van der Waals surface area (Å²) >= 11 is 0. The molecule has 0 bridgehead atoms. The van der Waals surface area contributed by atoms with Gasteiger partial charge in [-0.2, -0.15) is 0 Å². The lowest BCUT2D eigenvalue weighted by Gasteiger charge is -2.24. The second-order valence-corrected chi connectivity index (χ2v) is 6.38. The maximum atomic E-state index is 12.3. The fourth-order valence-electron chi connectivity index (χ4n) is 1.94. The number of nitrogens with two attached hydrogens (primary N) is 3. The van der Waals surface area contributed by atoms with Crippen molar-refractivity contribution in [3.05, 3.63) is 0 Å². The van der Waals surface area contributed by atoms with Crippen LogP contribution >= 0.6 is 0 Å². The standard InChI is InChI=1S/C15H28N6O5/c1-6(2)11(12(18)23)21-14(25)8(4)19-15(26)9(5-10(17)22)20-13(24)7(3)16/h6-9,11H,5,16H2,1-4H3,(H2,17,22)(H2,18,23)(H,19,26)(H,20,24)(H,21,25)/t7-,8-,9-,11-/m0/s1. The minimum Gasteiger partial charge on any atom is -0.370 e. The highest BCUT2D eigenvalue weighted by Gasteiger charge is 2.29. The predicted molar refractivity (Wildman–Crippen MR) is 93.0 cm³/mol. The van der Waals surface area contributed by atoms with Crippen LogP contribution in [0.5, 0.6) is 0 Å². The van der Waals surface area contributed by atoms with Crippen molar-refractivity contribution in [1.82, 2.24) is 16.0 Å². The number of carbonyl (C=O) groups is 5. The van der Waals surface area contributed by atoms with Gasteiger partial charge in [0.25, 0.3) is 0 Å². The van der Waals surface area contributed by atoms with Gasteiger partial charge >= 0.3 is 0 Å². The van der Waals surface area contributed by atoms with Crippen molar-refractivity contribution in [1.29, 1.82) is 0 Å². The lowest BCUT2D eigenvalue weighted by atomic mass is 10.0. The summed E-state index contributed by atoms with van der Waals surface area (Å²) in [6.45, 7) is 6.18. The Morgan fingerprint density at radius 2 is 1.35 bits per heavy atom. The second-order valence-electron chi connectivity index (χ2n) is 6.38. The summed E-state index contributed by atoms with van der Waals surface area (Å²) in [4.78, 5) is 58.5. The van der Waals surface area contributed by atoms with Gasteiger partial charge in [0.1, 0.15) is 18.1 Å². The zero-order chi connectivity index (χ0) is 20.6. The third kappa shape index (κ3) is 7.92. The van der Waals surface area contributed by atoms with Crippen molar-refractivity contribution in [3.8, 4) is 0 Å². The van der Waals surface area contributed by atoms with Crippen LogP contribution in [0.25, 0.3) is 0 Å². The van der Waals surface area contributed by atoms with E-state index in [9.17, 15) is 24.0 Å². The average molecular weight is 372 g/mol. The quantitative estimate of drug-likeness (QED) is 0.233. The first kappa shape index (κ1) is 23.3. The van der Waals surface area contributed by atoms with Crippen LogP contribution in [0.4, 0.5) is 0 Å². The molecular weight excluding hydrogens is 344 g/mol. The van der Waals surface area contributed by atoms with E-state index in [0.29, 0.717) is 0 Å². The van der Waals surface area contributed by atoms with Gasteiger partial charge in [0, 0.05) is 0 Å². The normalized spacial score (nSPS) is 15.3. The van der Waals surface area contributed by atoms with Crippen molar-refractivity contribution < 1.29 is 24.0 Å². The number of rotatable bonds is 10. The van der Waals surface area contributed by atoms with Gasteiger partial charge in [0.05, 0.1) is 12.5 Å². The molecule has 11 nitrogen and oxygen atoms in total. The van der Waals surface area contributed by atoms with E-state index in [1.807, 2.05) is 0 Å². The van der Waals surface area contributed by atoms with Crippen LogP contribution in [0.2, 0.25) is 0 Å². The van der Waals surface area contributed by atoms with Gasteiger partial charge in [-0.05, 0) is 19.8 Å². The van der Waals surface area contributed by atoms with E-state index >= 15 is 0 Å². The molecule has 0 heterocycles. The first-order valence-electron chi connectivity index (χ1n) is 8.11. The smallest absolute Gasteiger partial charge is 0.243 e. The third-order valence-corrected chi connectivity index (χ3v) is 3.47. The molecule has 0 aromatic heterocycles. The minimum absolute atomic E-state index is 0.243. The molecule has 26 heavy (non-hydrogen) atoms. The van der Waals surface area contributed by atoms with Gasteiger partial charge in [-0.1, -0.05) is 13.8 Å². The third-order valence-electron chi connectivity index (χ3n) is 3.47. The summed E-state index contributed by atoms with van der Waals surface area (Å²) in [5, 5.41) is 7.07. The second kappa shape index (κ2) is 10.3. The maximum Gasteiger partial charge on any atom is 0.243 e. The molecule has 0 spiro atoms. The van der Waals surface area contributed by atoms with Crippen LogP contribution in [0.3, 0.4) is 0 Å². The molecule has 0 radical (unpaired) electrons. The molecule has 148 valence electrons. The SMILES string of the molecule is CC(C)[C@H](NC(=O)[C@H](C)NC(=O)[C@H](CC(N)=O)NC(=O)[C@H](C)N)C(N)=O. The van der Waals surface area contributed by atoms with Crippen molar-refractivity contribution >= 4 is 29.5 Å². The van der Waals surface area contributed by atoms with Crippen molar-refractivity contribution in [2.45, 2.75) is 58.3 Å². The van der Waals surface area contributed by atoms with Crippen LogP contribution in [0.1, 0.15) is 34.1 Å². The molecule has 0 aliphatic carbocycles. The lowest BCUT2D eigenvalue weighted by molar-refractivity contribution is -0.134. The van der Waals surface area contributed by atoms with E-state index in [1.165, 1.54) is 13.8 Å². The molecule has 0 aliphatic heterocycles. The van der Waals surface area contributed by atoms with Gasteiger partial charge in [-0.3, -0.25) is 24.0 Å². The summed E-state index contributed by atoms with van der Waals surface area (Å²) < 4.78 is 0. The van der Waals surface area contributed by atoms with E-state index in [4.69, 9.17) is 17.2 Å². The van der Waals surface area contributed by atoms with Crippen LogP contribution in [0.15, 0.2) is 0 Å². The van der Waals surface area contributed by atoms with Crippen LogP contribution in [-0.4, -0.2) is 53.7 Å². The maximum absolute atomic E-state index is 12.3. The summed E-state index contributed by atoms with van der Waals surface area (Å²) in [6, 6.07) is -4.13. The Morgan fingerprint density at radius 3 is 1.73 bits per heavy atom. The van der Waals surface area contributed by atoms with E-state index in [0.717, 1.165) is 0 Å². The number of nitrogens with one attached hydrogen (secondary N) is 3. The van der Waals surface area contributed by atoms with Gasteiger partial charge in [-0.25, -0.2) is 0 Å². The molecule has 0 saturated heterocycles. The van der Waals surface area contributed by atoms with E-state index in [-0.39, 0.29) is 5.92 Å². The van der Waals surface area contributed by atoms with Crippen molar-refractivity contribution in [2.24, 2.45) is 23.1 Å². The Bertz CT molecular complexity index is 563. The number of amides is 5. The summed E-state index contributed by atoms with van der Waals surface area (Å²) in [7, 11) is 0. The molecule has 0 unspecified atom stereocenters. The fourth-order valence-corrected chi connectivity index (χ4v) is 1.94. The number of primary amides is 2. The predicted octanol–water partition coefficient (Wildman–Crippen LogP) is -3.18. The molecule has 5 amide bonds. The monoisotopic (exact) mass is 372 g/mol. The topological polar surface area (TPSA) is 200 Å². The van der Waals surface area contributed by atoms with Crippen LogP contribution in [-0.2, 0) is 24.0 Å². The van der Waals surface area contributed by atoms with Gasteiger partial charge in [-0.15, -0.1) is 0 Å². The molecule has 0 aliphatic rings. The Morgan fingerprint density at radius 1 is 0.808 bits per heavy atom. The molecule has 0 saturated carbocycles. The Kier molecular flexibility index (Phi) is 9.27. The van der Waals surface area contributed by atoms with Gasteiger partial charge < -0.3 is 33.2 Å². The Hall–Kier alpha value is -2.69. The zero-order valence-electron chi connectivity index (χ0n) is 15.4. The number of carbonyl (C=O) groups excluding carboxylic acids is 5. The highest BCUT2D eigenvalue weighted by molar-refractivity contribution is 5.96. The molecular formula is C15H28N6O5. The molecule has 11 heteroatoms. The summed E-state index contributed by atoms with van der Waals surface area (Å²) in [5.41, 5.74) is 15.7. The van der Waals surface area contributed by atoms with Gasteiger partial charge in [0.2, 0.25) is 29.5 Å². The molecule has 4 atom stereocenters. The van der Waals surface area contributed by atoms with E-state index < -0.39 is 60.1 Å². The van der Waals surface area contributed by atoms with Crippen LogP contribution in [0, 0.1) is 5.92 Å². The Balaban J connectivity index is 4.99. The fraction of sp³-hybridized carbons (Fsp3) is 0.667. The van der Waals surface area contributed by atoms with E-state index in [1.54, 1.807) is 13.8 Å². The molecule has 0 aromatic carbocycles. The minimum atomic E-state index is -1.28. The van der Waals surface area contributed by atoms with Gasteiger partial charge in [0.15, 0.2) is 0 Å². The lowest BCUT2D eigenvalue weighted by Crippen LogP contribution is -2.57. The van der Waals surface area contributed by atoms with Crippen molar-refractivity contribution in [3.63, 3.8) is 0 Å². The first-order chi connectivity index (χ1) is 11.9. The molecule has 0 fully saturated rings. The summed E-state index contributed by atoms with van der Waals surface area (Å²) in [5.74, 6) is -3.86. The molecule has 0 rings (SSSR count). The van der Waals surface area contributed by atoms with Crippen molar-refractivity contribution in [2.75, 3.05) is 0 Å². The average Bonchev–Trinajstić information content (AvgIpc) is 2.49. The zero-order valence-corrected chi connectivity index (χ0v) is 15.4.